The number of methoxy groups -OCH3 is 1. The normalized spacial score (nSPS) is 14.0. The maximum atomic E-state index is 12.1. The summed E-state index contributed by atoms with van der Waals surface area (Å²) < 4.78 is 5.22. The Labute approximate surface area is 118 Å². The first kappa shape index (κ1) is 14.2. The second-order valence-electron chi connectivity index (χ2n) is 4.72. The number of carbonyl (C=O) groups is 2. The van der Waals surface area contributed by atoms with Crippen LogP contribution in [0.1, 0.15) is 19.8 Å². The van der Waals surface area contributed by atoms with Gasteiger partial charge in [0.25, 0.3) is 0 Å². The molecule has 0 atom stereocenters. The molecule has 108 valence electrons. The molecule has 0 radical (unpaired) electrons. The van der Waals surface area contributed by atoms with Gasteiger partial charge in [0.2, 0.25) is 5.91 Å². The fourth-order valence-corrected chi connectivity index (χ4v) is 2.20. The minimum absolute atomic E-state index is 0.138. The molecule has 0 spiro atoms. The zero-order chi connectivity index (χ0) is 14.5. The molecule has 2 rings (SSSR count). The van der Waals surface area contributed by atoms with Gasteiger partial charge in [0.05, 0.1) is 12.8 Å². The minimum atomic E-state index is -0.160. The maximum absolute atomic E-state index is 12.1. The Morgan fingerprint density at radius 2 is 1.90 bits per heavy atom. The number of hydrogen-bond acceptors (Lipinski definition) is 3. The monoisotopic (exact) mass is 277 g/mol. The van der Waals surface area contributed by atoms with Crippen LogP contribution in [0.2, 0.25) is 0 Å². The third kappa shape index (κ3) is 3.40. The lowest BCUT2D eigenvalue weighted by molar-refractivity contribution is -0.114. The molecule has 0 aromatic heterocycles. The van der Waals surface area contributed by atoms with Crippen LogP contribution < -0.4 is 15.4 Å². The molecule has 1 aliphatic rings. The van der Waals surface area contributed by atoms with Crippen LogP contribution in [0, 0.1) is 0 Å². The van der Waals surface area contributed by atoms with Gasteiger partial charge in [0.1, 0.15) is 5.75 Å². The van der Waals surface area contributed by atoms with E-state index in [2.05, 4.69) is 10.6 Å². The van der Waals surface area contributed by atoms with E-state index in [0.29, 0.717) is 17.1 Å². The lowest BCUT2D eigenvalue weighted by Crippen LogP contribution is -2.32. The third-order valence-electron chi connectivity index (χ3n) is 3.15. The van der Waals surface area contributed by atoms with E-state index in [1.807, 2.05) is 0 Å². The smallest absolute Gasteiger partial charge is 0.321 e. The van der Waals surface area contributed by atoms with Gasteiger partial charge in [-0.15, -0.1) is 0 Å². The summed E-state index contributed by atoms with van der Waals surface area (Å²) in [4.78, 5) is 24.9. The van der Waals surface area contributed by atoms with E-state index in [1.54, 1.807) is 30.2 Å². The molecule has 3 amide bonds. The van der Waals surface area contributed by atoms with E-state index in [-0.39, 0.29) is 11.9 Å². The molecule has 1 fully saturated rings. The van der Waals surface area contributed by atoms with Gasteiger partial charge in [-0.05, 0) is 31.0 Å². The highest BCUT2D eigenvalue weighted by molar-refractivity contribution is 5.94. The summed E-state index contributed by atoms with van der Waals surface area (Å²) in [5.74, 6) is 0.402. The summed E-state index contributed by atoms with van der Waals surface area (Å²) in [5, 5.41) is 5.51. The average Bonchev–Trinajstić information content (AvgIpc) is 2.92. The molecular formula is C14H19N3O3. The summed E-state index contributed by atoms with van der Waals surface area (Å²) in [7, 11) is 1.54. The molecule has 0 aliphatic carbocycles. The van der Waals surface area contributed by atoms with Crippen molar-refractivity contribution in [3.8, 4) is 5.75 Å². The number of carbonyl (C=O) groups excluding carboxylic acids is 2. The minimum Gasteiger partial charge on any atom is -0.495 e. The summed E-state index contributed by atoms with van der Waals surface area (Å²) in [6, 6.07) is 4.99. The van der Waals surface area contributed by atoms with Crippen molar-refractivity contribution in [1.29, 1.82) is 0 Å². The van der Waals surface area contributed by atoms with Gasteiger partial charge in [-0.1, -0.05) is 0 Å². The molecule has 1 aromatic carbocycles. The molecule has 20 heavy (non-hydrogen) atoms. The van der Waals surface area contributed by atoms with Crippen LogP contribution in [0.5, 0.6) is 5.75 Å². The molecular weight excluding hydrogens is 258 g/mol. The molecule has 6 nitrogen and oxygen atoms in total. The highest BCUT2D eigenvalue weighted by Gasteiger charge is 2.19. The number of anilines is 2. The van der Waals surface area contributed by atoms with E-state index < -0.39 is 0 Å². The van der Waals surface area contributed by atoms with E-state index in [0.717, 1.165) is 25.9 Å². The first-order chi connectivity index (χ1) is 9.60. The first-order valence-electron chi connectivity index (χ1n) is 6.61. The molecule has 1 saturated heterocycles. The average molecular weight is 277 g/mol. The number of nitrogens with one attached hydrogen (secondary N) is 2. The maximum Gasteiger partial charge on any atom is 0.321 e. The number of hydrogen-bond donors (Lipinski definition) is 2. The number of urea groups is 1. The second kappa shape index (κ2) is 6.27. The Balaban J connectivity index is 2.14. The Kier molecular flexibility index (Phi) is 4.45. The van der Waals surface area contributed by atoms with Crippen LogP contribution in [0.4, 0.5) is 16.2 Å². The van der Waals surface area contributed by atoms with Crippen LogP contribution in [0.15, 0.2) is 18.2 Å². The fraction of sp³-hybridized carbons (Fsp3) is 0.429. The lowest BCUT2D eigenvalue weighted by Gasteiger charge is -2.18. The molecule has 0 unspecified atom stereocenters. The van der Waals surface area contributed by atoms with Crippen molar-refractivity contribution in [2.24, 2.45) is 0 Å². The van der Waals surface area contributed by atoms with Crippen LogP contribution in [0.3, 0.4) is 0 Å². The summed E-state index contributed by atoms with van der Waals surface area (Å²) >= 11 is 0. The summed E-state index contributed by atoms with van der Waals surface area (Å²) in [6.07, 6.45) is 2.08. The summed E-state index contributed by atoms with van der Waals surface area (Å²) in [6.45, 7) is 2.99. The standard InChI is InChI=1S/C14H19N3O3/c1-10(18)15-11-5-6-13(20-2)12(9-11)16-14(19)17-7-3-4-8-17/h5-6,9H,3-4,7-8H2,1-2H3,(H,15,18)(H,16,19). The zero-order valence-corrected chi connectivity index (χ0v) is 11.7. The van der Waals surface area contributed by atoms with Crippen LogP contribution >= 0.6 is 0 Å². The predicted octanol–water partition coefficient (Wildman–Crippen LogP) is 2.28. The van der Waals surface area contributed by atoms with Gasteiger partial charge < -0.3 is 20.3 Å². The molecule has 1 aromatic rings. The number of rotatable bonds is 3. The molecule has 6 heteroatoms. The quantitative estimate of drug-likeness (QED) is 0.890. The van der Waals surface area contributed by atoms with E-state index >= 15 is 0 Å². The second-order valence-corrected chi connectivity index (χ2v) is 4.72. The van der Waals surface area contributed by atoms with Gasteiger partial charge in [-0.2, -0.15) is 0 Å². The molecule has 1 heterocycles. The van der Waals surface area contributed by atoms with Crippen molar-refractivity contribution >= 4 is 23.3 Å². The highest BCUT2D eigenvalue weighted by atomic mass is 16.5. The Morgan fingerprint density at radius 1 is 1.20 bits per heavy atom. The molecule has 0 bridgehead atoms. The van der Waals surface area contributed by atoms with Crippen LogP contribution in [0.25, 0.3) is 0 Å². The van der Waals surface area contributed by atoms with Crippen molar-refractivity contribution in [3.63, 3.8) is 0 Å². The lowest BCUT2D eigenvalue weighted by atomic mass is 10.2. The Morgan fingerprint density at radius 3 is 2.50 bits per heavy atom. The number of amides is 3. The summed E-state index contributed by atoms with van der Waals surface area (Å²) in [5.41, 5.74) is 1.17. The molecule has 0 saturated carbocycles. The van der Waals surface area contributed by atoms with Gasteiger partial charge in [-0.25, -0.2) is 4.79 Å². The van der Waals surface area contributed by atoms with Gasteiger partial charge in [0.15, 0.2) is 0 Å². The molecule has 1 aliphatic heterocycles. The topological polar surface area (TPSA) is 70.7 Å². The largest absolute Gasteiger partial charge is 0.495 e. The van der Waals surface area contributed by atoms with Crippen LogP contribution in [-0.4, -0.2) is 37.0 Å². The van der Waals surface area contributed by atoms with Gasteiger partial charge >= 0.3 is 6.03 Å². The molecule has 2 N–H and O–H groups in total. The van der Waals surface area contributed by atoms with Gasteiger partial charge in [0, 0.05) is 25.7 Å². The van der Waals surface area contributed by atoms with Crippen molar-refractivity contribution < 1.29 is 14.3 Å². The Bertz CT molecular complexity index is 510. The predicted molar refractivity (Wildman–Crippen MR) is 77.1 cm³/mol. The number of nitrogens with zero attached hydrogens (tertiary/aromatic N) is 1. The first-order valence-corrected chi connectivity index (χ1v) is 6.61. The van der Waals surface area contributed by atoms with Crippen molar-refractivity contribution in [3.05, 3.63) is 18.2 Å². The number of benzene rings is 1. The van der Waals surface area contributed by atoms with E-state index in [9.17, 15) is 9.59 Å². The number of ether oxygens (including phenoxy) is 1. The van der Waals surface area contributed by atoms with Crippen molar-refractivity contribution in [2.45, 2.75) is 19.8 Å². The number of likely N-dealkylation sites (tertiary alicyclic amines) is 1. The van der Waals surface area contributed by atoms with E-state index in [4.69, 9.17) is 4.74 Å². The van der Waals surface area contributed by atoms with E-state index in [1.165, 1.54) is 6.92 Å². The highest BCUT2D eigenvalue weighted by Crippen LogP contribution is 2.28. The van der Waals surface area contributed by atoms with Crippen molar-refractivity contribution in [1.82, 2.24) is 4.90 Å². The zero-order valence-electron chi connectivity index (χ0n) is 11.7. The fourth-order valence-electron chi connectivity index (χ4n) is 2.20. The SMILES string of the molecule is COc1ccc(NC(C)=O)cc1NC(=O)N1CCCC1. The van der Waals surface area contributed by atoms with Gasteiger partial charge in [-0.3, -0.25) is 4.79 Å². The third-order valence-corrected chi connectivity index (χ3v) is 3.15. The van der Waals surface area contributed by atoms with Crippen molar-refractivity contribution in [2.75, 3.05) is 30.8 Å². The Hall–Kier alpha value is -2.24. The van der Waals surface area contributed by atoms with Crippen LogP contribution in [-0.2, 0) is 4.79 Å².